The molecule has 2 aromatic rings. The van der Waals surface area contributed by atoms with Gasteiger partial charge in [0.15, 0.2) is 11.5 Å². The molecular formula is C13H21N5O. The molecule has 2 heterocycles. The van der Waals surface area contributed by atoms with Gasteiger partial charge < -0.3 is 20.1 Å². The van der Waals surface area contributed by atoms with Crippen molar-refractivity contribution in [1.82, 2.24) is 14.4 Å². The lowest BCUT2D eigenvalue weighted by Crippen LogP contribution is -2.15. The summed E-state index contributed by atoms with van der Waals surface area (Å²) in [5, 5.41) is 15.4. The maximum absolute atomic E-state index is 8.92. The number of rotatable bonds is 7. The van der Waals surface area contributed by atoms with Crippen molar-refractivity contribution >= 4 is 17.3 Å². The quantitative estimate of drug-likeness (QED) is 0.707. The number of nitrogens with zero attached hydrogens (tertiary/aromatic N) is 3. The molecule has 104 valence electrons. The molecule has 3 N–H and O–H groups in total. The molecule has 0 fully saturated rings. The van der Waals surface area contributed by atoms with Crippen LogP contribution in [-0.4, -0.2) is 39.2 Å². The van der Waals surface area contributed by atoms with Crippen LogP contribution in [0.1, 0.15) is 20.3 Å². The summed E-state index contributed by atoms with van der Waals surface area (Å²) in [6, 6.07) is 0. The van der Waals surface area contributed by atoms with Crippen molar-refractivity contribution in [2.45, 2.75) is 20.3 Å². The van der Waals surface area contributed by atoms with E-state index in [9.17, 15) is 0 Å². The number of hydrogen-bond acceptors (Lipinski definition) is 5. The van der Waals surface area contributed by atoms with Crippen LogP contribution in [0.15, 0.2) is 18.6 Å². The molecule has 0 spiro atoms. The van der Waals surface area contributed by atoms with Gasteiger partial charge in [0.2, 0.25) is 0 Å². The van der Waals surface area contributed by atoms with Crippen LogP contribution in [0.3, 0.4) is 0 Å². The van der Waals surface area contributed by atoms with Crippen LogP contribution in [0, 0.1) is 5.92 Å². The third-order valence-electron chi connectivity index (χ3n) is 2.97. The largest absolute Gasteiger partial charge is 0.396 e. The number of anilines is 2. The van der Waals surface area contributed by atoms with Crippen molar-refractivity contribution in [2.75, 3.05) is 30.3 Å². The van der Waals surface area contributed by atoms with Crippen LogP contribution in [0.25, 0.3) is 5.65 Å². The topological polar surface area (TPSA) is 74.5 Å². The van der Waals surface area contributed by atoms with E-state index in [1.54, 1.807) is 6.20 Å². The van der Waals surface area contributed by atoms with E-state index >= 15 is 0 Å². The molecular weight excluding hydrogens is 242 g/mol. The van der Waals surface area contributed by atoms with Gasteiger partial charge in [-0.05, 0) is 19.3 Å². The summed E-state index contributed by atoms with van der Waals surface area (Å²) < 4.78 is 1.95. The summed E-state index contributed by atoms with van der Waals surface area (Å²) in [6.07, 6.45) is 6.37. The van der Waals surface area contributed by atoms with Crippen LogP contribution in [0.5, 0.6) is 0 Å². The Hall–Kier alpha value is -1.82. The number of fused-ring (bicyclic) bond motifs is 1. The minimum absolute atomic E-state index is 0.215. The van der Waals surface area contributed by atoms with E-state index in [2.05, 4.69) is 27.5 Å². The summed E-state index contributed by atoms with van der Waals surface area (Å²) in [4.78, 5) is 8.83. The zero-order valence-electron chi connectivity index (χ0n) is 11.4. The van der Waals surface area contributed by atoms with E-state index in [1.807, 2.05) is 23.7 Å². The molecule has 2 aromatic heterocycles. The molecule has 1 unspecified atom stereocenters. The smallest absolute Gasteiger partial charge is 0.180 e. The predicted octanol–water partition coefficient (Wildman–Crippen LogP) is 1.59. The van der Waals surface area contributed by atoms with Crippen molar-refractivity contribution < 1.29 is 5.11 Å². The van der Waals surface area contributed by atoms with E-state index in [0.29, 0.717) is 5.92 Å². The fourth-order valence-electron chi connectivity index (χ4n) is 1.91. The maximum Gasteiger partial charge on any atom is 0.180 e. The molecule has 6 nitrogen and oxygen atoms in total. The molecule has 0 aromatic carbocycles. The van der Waals surface area contributed by atoms with Gasteiger partial charge in [-0.2, -0.15) is 0 Å². The fourth-order valence-corrected chi connectivity index (χ4v) is 1.91. The van der Waals surface area contributed by atoms with Crippen LogP contribution in [-0.2, 0) is 0 Å². The molecule has 0 saturated heterocycles. The molecule has 1 atom stereocenters. The summed E-state index contributed by atoms with van der Waals surface area (Å²) in [7, 11) is 0. The molecule has 0 aliphatic heterocycles. The van der Waals surface area contributed by atoms with E-state index in [-0.39, 0.29) is 6.61 Å². The van der Waals surface area contributed by atoms with Crippen molar-refractivity contribution in [3.8, 4) is 0 Å². The molecule has 0 aliphatic rings. The minimum Gasteiger partial charge on any atom is -0.396 e. The summed E-state index contributed by atoms with van der Waals surface area (Å²) >= 11 is 0. The number of aromatic nitrogens is 3. The molecule has 0 bridgehead atoms. The van der Waals surface area contributed by atoms with Gasteiger partial charge in [0.25, 0.3) is 0 Å². The number of imidazole rings is 1. The van der Waals surface area contributed by atoms with Crippen LogP contribution < -0.4 is 10.6 Å². The van der Waals surface area contributed by atoms with Crippen molar-refractivity contribution in [3.63, 3.8) is 0 Å². The highest BCUT2D eigenvalue weighted by atomic mass is 16.3. The average Bonchev–Trinajstić information content (AvgIpc) is 2.85. The van der Waals surface area contributed by atoms with Gasteiger partial charge in [-0.1, -0.05) is 6.92 Å². The van der Waals surface area contributed by atoms with Crippen LogP contribution in [0.2, 0.25) is 0 Å². The average molecular weight is 263 g/mol. The first kappa shape index (κ1) is 13.6. The summed E-state index contributed by atoms with van der Waals surface area (Å²) in [5.74, 6) is 1.99. The molecule has 0 amide bonds. The van der Waals surface area contributed by atoms with Gasteiger partial charge in [0, 0.05) is 32.1 Å². The second-order valence-electron chi connectivity index (χ2n) is 4.66. The van der Waals surface area contributed by atoms with Gasteiger partial charge in [-0.25, -0.2) is 9.97 Å². The Morgan fingerprint density at radius 2 is 2.26 bits per heavy atom. The normalized spacial score (nSPS) is 12.6. The summed E-state index contributed by atoms with van der Waals surface area (Å²) in [5.41, 5.74) is 0.817. The highest BCUT2D eigenvalue weighted by molar-refractivity contribution is 5.65. The third-order valence-corrected chi connectivity index (χ3v) is 2.97. The Balaban J connectivity index is 2.17. The molecule has 0 aliphatic carbocycles. The van der Waals surface area contributed by atoms with Gasteiger partial charge in [-0.3, -0.25) is 0 Å². The van der Waals surface area contributed by atoms with E-state index < -0.39 is 0 Å². The molecule has 6 heteroatoms. The van der Waals surface area contributed by atoms with Crippen LogP contribution in [0.4, 0.5) is 11.6 Å². The SMILES string of the molecule is CCNc1cn2ccnc2c(NCC(C)CCO)n1. The molecule has 19 heavy (non-hydrogen) atoms. The number of hydrogen-bond donors (Lipinski definition) is 3. The number of aliphatic hydroxyl groups excluding tert-OH is 1. The highest BCUT2D eigenvalue weighted by Crippen LogP contribution is 2.17. The van der Waals surface area contributed by atoms with Gasteiger partial charge in [-0.15, -0.1) is 0 Å². The summed E-state index contributed by atoms with van der Waals surface area (Å²) in [6.45, 7) is 5.95. The van der Waals surface area contributed by atoms with Crippen molar-refractivity contribution in [1.29, 1.82) is 0 Å². The van der Waals surface area contributed by atoms with Crippen molar-refractivity contribution in [2.24, 2.45) is 5.92 Å². The Morgan fingerprint density at radius 3 is 3.00 bits per heavy atom. The number of aliphatic hydroxyl groups is 1. The Morgan fingerprint density at radius 1 is 1.42 bits per heavy atom. The Bertz CT molecular complexity index is 525. The second kappa shape index (κ2) is 6.38. The lowest BCUT2D eigenvalue weighted by molar-refractivity contribution is 0.266. The standard InChI is InChI=1S/C13H21N5O/c1-3-14-11-9-18-6-5-15-13(18)12(17-11)16-8-10(2)4-7-19/h5-6,9-10,14,19H,3-4,7-8H2,1-2H3,(H,16,17). The third kappa shape index (κ3) is 3.35. The first-order valence-electron chi connectivity index (χ1n) is 6.67. The fraction of sp³-hybridized carbons (Fsp3) is 0.538. The highest BCUT2D eigenvalue weighted by Gasteiger charge is 2.08. The molecule has 0 radical (unpaired) electrons. The first-order valence-corrected chi connectivity index (χ1v) is 6.67. The van der Waals surface area contributed by atoms with Gasteiger partial charge >= 0.3 is 0 Å². The molecule has 0 saturated carbocycles. The molecule has 2 rings (SSSR count). The second-order valence-corrected chi connectivity index (χ2v) is 4.66. The first-order chi connectivity index (χ1) is 9.24. The Labute approximate surface area is 112 Å². The number of nitrogens with one attached hydrogen (secondary N) is 2. The monoisotopic (exact) mass is 263 g/mol. The van der Waals surface area contributed by atoms with E-state index in [4.69, 9.17) is 5.11 Å². The Kier molecular flexibility index (Phi) is 4.57. The lowest BCUT2D eigenvalue weighted by Gasteiger charge is -2.13. The zero-order chi connectivity index (χ0) is 13.7. The minimum atomic E-state index is 0.215. The van der Waals surface area contributed by atoms with E-state index in [1.165, 1.54) is 0 Å². The predicted molar refractivity (Wildman–Crippen MR) is 76.5 cm³/mol. The lowest BCUT2D eigenvalue weighted by atomic mass is 10.1. The van der Waals surface area contributed by atoms with Gasteiger partial charge in [0.1, 0.15) is 5.82 Å². The van der Waals surface area contributed by atoms with Crippen LogP contribution >= 0.6 is 0 Å². The van der Waals surface area contributed by atoms with Gasteiger partial charge in [0.05, 0.1) is 6.20 Å². The maximum atomic E-state index is 8.92. The zero-order valence-corrected chi connectivity index (χ0v) is 11.4. The van der Waals surface area contributed by atoms with Crippen molar-refractivity contribution in [3.05, 3.63) is 18.6 Å². The van der Waals surface area contributed by atoms with E-state index in [0.717, 1.165) is 36.8 Å².